The van der Waals surface area contributed by atoms with Gasteiger partial charge in [0, 0.05) is 17.4 Å². The third-order valence-corrected chi connectivity index (χ3v) is 4.25. The summed E-state index contributed by atoms with van der Waals surface area (Å²) in [6.07, 6.45) is 2.04. The summed E-state index contributed by atoms with van der Waals surface area (Å²) in [5, 5.41) is 12.8. The van der Waals surface area contributed by atoms with Crippen molar-refractivity contribution in [1.82, 2.24) is 9.38 Å². The third kappa shape index (κ3) is 3.12. The van der Waals surface area contributed by atoms with Gasteiger partial charge in [0.2, 0.25) is 0 Å². The Hall–Kier alpha value is -3.11. The van der Waals surface area contributed by atoms with Crippen molar-refractivity contribution in [3.8, 4) is 11.3 Å². The summed E-state index contributed by atoms with van der Waals surface area (Å²) < 4.78 is 2.12. The zero-order valence-electron chi connectivity index (χ0n) is 13.8. The first-order valence-electron chi connectivity index (χ1n) is 8.30. The molecular formula is C21H19N3O. The van der Waals surface area contributed by atoms with Gasteiger partial charge >= 0.3 is 0 Å². The van der Waals surface area contributed by atoms with E-state index in [2.05, 4.69) is 21.9 Å². The van der Waals surface area contributed by atoms with Crippen LogP contribution in [0.1, 0.15) is 11.3 Å². The molecule has 124 valence electrons. The topological polar surface area (TPSA) is 49.6 Å². The lowest BCUT2D eigenvalue weighted by atomic mass is 10.1. The zero-order valence-corrected chi connectivity index (χ0v) is 13.8. The Bertz CT molecular complexity index is 992. The van der Waals surface area contributed by atoms with Crippen LogP contribution >= 0.6 is 0 Å². The Labute approximate surface area is 146 Å². The smallest absolute Gasteiger partial charge is 0.137 e. The van der Waals surface area contributed by atoms with Gasteiger partial charge < -0.3 is 14.8 Å². The maximum atomic E-state index is 9.31. The van der Waals surface area contributed by atoms with Crippen molar-refractivity contribution in [3.63, 3.8) is 0 Å². The lowest BCUT2D eigenvalue weighted by Crippen LogP contribution is -2.04. The summed E-state index contributed by atoms with van der Waals surface area (Å²) in [4.78, 5) is 4.81. The largest absolute Gasteiger partial charge is 0.392 e. The molecule has 0 aliphatic heterocycles. The van der Waals surface area contributed by atoms with Gasteiger partial charge in [-0.2, -0.15) is 0 Å². The van der Waals surface area contributed by atoms with Crippen molar-refractivity contribution in [2.75, 3.05) is 5.32 Å². The second kappa shape index (κ2) is 6.79. The summed E-state index contributed by atoms with van der Waals surface area (Å²) in [7, 11) is 0. The van der Waals surface area contributed by atoms with E-state index in [1.54, 1.807) is 0 Å². The first-order valence-corrected chi connectivity index (χ1v) is 8.30. The Balaban J connectivity index is 1.72. The van der Waals surface area contributed by atoms with E-state index in [1.807, 2.05) is 66.9 Å². The van der Waals surface area contributed by atoms with E-state index in [0.29, 0.717) is 6.54 Å². The van der Waals surface area contributed by atoms with Crippen LogP contribution in [0.2, 0.25) is 0 Å². The number of aliphatic hydroxyl groups excluding tert-OH is 1. The van der Waals surface area contributed by atoms with Gasteiger partial charge in [-0.25, -0.2) is 4.98 Å². The van der Waals surface area contributed by atoms with E-state index < -0.39 is 0 Å². The van der Waals surface area contributed by atoms with Crippen LogP contribution in [0, 0.1) is 0 Å². The van der Waals surface area contributed by atoms with Crippen molar-refractivity contribution >= 4 is 11.3 Å². The molecule has 0 spiro atoms. The van der Waals surface area contributed by atoms with Crippen LogP contribution in [-0.4, -0.2) is 14.5 Å². The second-order valence-corrected chi connectivity index (χ2v) is 5.91. The Morgan fingerprint density at radius 1 is 0.920 bits per heavy atom. The van der Waals surface area contributed by atoms with Gasteiger partial charge in [0.15, 0.2) is 0 Å². The molecule has 4 nitrogen and oxygen atoms in total. The van der Waals surface area contributed by atoms with Gasteiger partial charge in [0.05, 0.1) is 24.5 Å². The Kier molecular flexibility index (Phi) is 4.19. The normalized spacial score (nSPS) is 10.9. The molecule has 0 atom stereocenters. The van der Waals surface area contributed by atoms with Crippen LogP contribution in [0.3, 0.4) is 0 Å². The number of aromatic nitrogens is 2. The van der Waals surface area contributed by atoms with Gasteiger partial charge in [-0.3, -0.25) is 0 Å². The monoisotopic (exact) mass is 329 g/mol. The molecule has 0 aliphatic rings. The number of aliphatic hydroxyl groups is 1. The predicted molar refractivity (Wildman–Crippen MR) is 100 cm³/mol. The zero-order chi connectivity index (χ0) is 17.1. The maximum absolute atomic E-state index is 9.31. The predicted octanol–water partition coefficient (Wildman–Crippen LogP) is 4.11. The molecule has 0 radical (unpaired) electrons. The van der Waals surface area contributed by atoms with Crippen LogP contribution < -0.4 is 5.32 Å². The van der Waals surface area contributed by atoms with Gasteiger partial charge in [0.1, 0.15) is 5.65 Å². The lowest BCUT2D eigenvalue weighted by molar-refractivity contribution is 0.282. The molecule has 0 saturated carbocycles. The van der Waals surface area contributed by atoms with E-state index in [9.17, 15) is 5.11 Å². The molecule has 4 heteroatoms. The number of anilines is 1. The molecule has 0 fully saturated rings. The average molecular weight is 329 g/mol. The second-order valence-electron chi connectivity index (χ2n) is 5.91. The molecule has 2 heterocycles. The standard InChI is InChI=1S/C21H19N3O/c25-15-16-7-6-10-18(13-16)22-14-19-21(17-8-2-1-3-9-17)23-20-11-4-5-12-24(19)20/h1-13,22,25H,14-15H2. The highest BCUT2D eigenvalue weighted by molar-refractivity contribution is 5.67. The number of pyridine rings is 1. The van der Waals surface area contributed by atoms with E-state index in [0.717, 1.165) is 33.8 Å². The third-order valence-electron chi connectivity index (χ3n) is 4.25. The summed E-state index contributed by atoms with van der Waals surface area (Å²) in [5.74, 6) is 0. The van der Waals surface area contributed by atoms with Crippen LogP contribution in [0.5, 0.6) is 0 Å². The quantitative estimate of drug-likeness (QED) is 0.579. The number of imidazole rings is 1. The van der Waals surface area contributed by atoms with Crippen molar-refractivity contribution in [1.29, 1.82) is 0 Å². The summed E-state index contributed by atoms with van der Waals surface area (Å²) >= 11 is 0. The first-order chi connectivity index (χ1) is 12.3. The van der Waals surface area contributed by atoms with Crippen LogP contribution in [0.25, 0.3) is 16.9 Å². The molecule has 0 aliphatic carbocycles. The SMILES string of the molecule is OCc1cccc(NCc2c(-c3ccccc3)nc3ccccn23)c1. The fourth-order valence-corrected chi connectivity index (χ4v) is 3.01. The van der Waals surface area contributed by atoms with Gasteiger partial charge in [0.25, 0.3) is 0 Å². The highest BCUT2D eigenvalue weighted by atomic mass is 16.3. The lowest BCUT2D eigenvalue weighted by Gasteiger charge is -2.10. The number of benzene rings is 2. The summed E-state index contributed by atoms with van der Waals surface area (Å²) in [6.45, 7) is 0.685. The Morgan fingerprint density at radius 2 is 1.76 bits per heavy atom. The molecule has 0 saturated heterocycles. The number of nitrogens with zero attached hydrogens (tertiary/aromatic N) is 2. The molecule has 2 aromatic carbocycles. The van der Waals surface area contributed by atoms with Gasteiger partial charge in [-0.1, -0.05) is 48.5 Å². The molecule has 0 amide bonds. The Morgan fingerprint density at radius 3 is 2.60 bits per heavy atom. The molecule has 0 unspecified atom stereocenters. The average Bonchev–Trinajstić information content (AvgIpc) is 3.06. The molecule has 4 rings (SSSR count). The van der Waals surface area contributed by atoms with Crippen molar-refractivity contribution in [2.45, 2.75) is 13.2 Å². The van der Waals surface area contributed by atoms with Gasteiger partial charge in [-0.05, 0) is 29.8 Å². The van der Waals surface area contributed by atoms with E-state index in [1.165, 1.54) is 0 Å². The first kappa shape index (κ1) is 15.4. The number of nitrogens with one attached hydrogen (secondary N) is 1. The number of fused-ring (bicyclic) bond motifs is 1. The van der Waals surface area contributed by atoms with Crippen molar-refractivity contribution in [3.05, 3.63) is 90.3 Å². The van der Waals surface area contributed by atoms with E-state index in [-0.39, 0.29) is 6.61 Å². The van der Waals surface area contributed by atoms with Crippen LogP contribution in [0.4, 0.5) is 5.69 Å². The highest BCUT2D eigenvalue weighted by Gasteiger charge is 2.13. The molecule has 4 aromatic rings. The number of rotatable bonds is 5. The molecular weight excluding hydrogens is 310 g/mol. The number of hydrogen-bond donors (Lipinski definition) is 2. The van der Waals surface area contributed by atoms with Gasteiger partial charge in [-0.15, -0.1) is 0 Å². The van der Waals surface area contributed by atoms with E-state index in [4.69, 9.17) is 4.98 Å². The van der Waals surface area contributed by atoms with Crippen molar-refractivity contribution in [2.24, 2.45) is 0 Å². The fourth-order valence-electron chi connectivity index (χ4n) is 3.01. The van der Waals surface area contributed by atoms with Crippen LogP contribution in [-0.2, 0) is 13.2 Å². The molecule has 2 N–H and O–H groups in total. The summed E-state index contributed by atoms with van der Waals surface area (Å²) in [6, 6.07) is 24.1. The minimum atomic E-state index is 0.0421. The molecule has 25 heavy (non-hydrogen) atoms. The fraction of sp³-hybridized carbons (Fsp3) is 0.0952. The summed E-state index contributed by atoms with van der Waals surface area (Å²) in [5.41, 5.74) is 6.01. The number of hydrogen-bond acceptors (Lipinski definition) is 3. The minimum absolute atomic E-state index is 0.0421. The van der Waals surface area contributed by atoms with Crippen molar-refractivity contribution < 1.29 is 5.11 Å². The highest BCUT2D eigenvalue weighted by Crippen LogP contribution is 2.25. The maximum Gasteiger partial charge on any atom is 0.137 e. The molecule has 2 aromatic heterocycles. The minimum Gasteiger partial charge on any atom is -0.392 e. The van der Waals surface area contributed by atoms with Crippen LogP contribution in [0.15, 0.2) is 79.0 Å². The molecule has 0 bridgehead atoms. The van der Waals surface area contributed by atoms with E-state index >= 15 is 0 Å².